The van der Waals surface area contributed by atoms with Crippen LogP contribution < -0.4 is 14.8 Å². The number of ether oxygens (including phenoxy) is 2. The summed E-state index contributed by atoms with van der Waals surface area (Å²) in [5, 5.41) is 3.34. The Morgan fingerprint density at radius 2 is 2.12 bits per heavy atom. The van der Waals surface area contributed by atoms with Crippen molar-refractivity contribution in [2.24, 2.45) is 0 Å². The van der Waals surface area contributed by atoms with Crippen molar-refractivity contribution in [2.75, 3.05) is 25.6 Å². The Morgan fingerprint density at radius 1 is 1.21 bits per heavy atom. The van der Waals surface area contributed by atoms with Crippen molar-refractivity contribution < 1.29 is 14.3 Å². The van der Waals surface area contributed by atoms with Crippen LogP contribution in [0.15, 0.2) is 60.3 Å². The zero-order valence-corrected chi connectivity index (χ0v) is 18.7. The Morgan fingerprint density at radius 3 is 2.94 bits per heavy atom. The van der Waals surface area contributed by atoms with E-state index < -0.39 is 0 Å². The second kappa shape index (κ2) is 8.94. The maximum Gasteiger partial charge on any atom is 0.253 e. The van der Waals surface area contributed by atoms with Crippen LogP contribution in [-0.2, 0) is 4.79 Å². The molecule has 1 N–H and O–H groups in total. The maximum absolute atomic E-state index is 13.5. The summed E-state index contributed by atoms with van der Waals surface area (Å²) in [6.07, 6.45) is 5.48. The summed E-state index contributed by atoms with van der Waals surface area (Å²) in [5.74, 6) is 2.26. The summed E-state index contributed by atoms with van der Waals surface area (Å²) >= 11 is 0. The van der Waals surface area contributed by atoms with Gasteiger partial charge in [-0.15, -0.1) is 0 Å². The average Bonchev–Trinajstić information content (AvgIpc) is 3.33. The fourth-order valence-electron chi connectivity index (χ4n) is 4.43. The quantitative estimate of drug-likeness (QED) is 0.619. The number of carbonyl (C=O) groups is 1. The van der Waals surface area contributed by atoms with E-state index in [9.17, 15) is 4.79 Å². The largest absolute Gasteiger partial charge is 0.497 e. The molecule has 1 unspecified atom stereocenters. The van der Waals surface area contributed by atoms with Crippen molar-refractivity contribution in [1.82, 2.24) is 14.9 Å². The summed E-state index contributed by atoms with van der Waals surface area (Å²) in [5.41, 5.74) is 4.19. The first-order chi connectivity index (χ1) is 16.1. The number of anilines is 2. The predicted molar refractivity (Wildman–Crippen MR) is 127 cm³/mol. The van der Waals surface area contributed by atoms with Crippen LogP contribution in [0.1, 0.15) is 35.8 Å². The number of fused-ring (bicyclic) bond motifs is 1. The third kappa shape index (κ3) is 4.39. The van der Waals surface area contributed by atoms with Gasteiger partial charge in [0.15, 0.2) is 0 Å². The molecular formula is C26H26N4O3. The van der Waals surface area contributed by atoms with Crippen LogP contribution in [0.5, 0.6) is 11.5 Å². The SMILES string of the molecule is COc1ccc2c(c1)C=C(C(=O)N1CCCC1c1cc(Nc3ccccn3)cc(C)n1)CO2. The van der Waals surface area contributed by atoms with E-state index in [0.29, 0.717) is 12.1 Å². The lowest BCUT2D eigenvalue weighted by molar-refractivity contribution is -0.128. The fourth-order valence-corrected chi connectivity index (χ4v) is 4.43. The van der Waals surface area contributed by atoms with Gasteiger partial charge >= 0.3 is 0 Å². The molecule has 168 valence electrons. The lowest BCUT2D eigenvalue weighted by atomic mass is 10.0. The van der Waals surface area contributed by atoms with Crippen LogP contribution in [0.4, 0.5) is 11.5 Å². The Labute approximate surface area is 193 Å². The van der Waals surface area contributed by atoms with Crippen molar-refractivity contribution >= 4 is 23.5 Å². The van der Waals surface area contributed by atoms with Gasteiger partial charge in [0.25, 0.3) is 5.91 Å². The van der Waals surface area contributed by atoms with Gasteiger partial charge in [-0.05, 0) is 68.3 Å². The topological polar surface area (TPSA) is 76.6 Å². The van der Waals surface area contributed by atoms with E-state index >= 15 is 0 Å². The molecule has 0 spiro atoms. The molecule has 2 aliphatic rings. The minimum atomic E-state index is -0.0747. The van der Waals surface area contributed by atoms with Crippen molar-refractivity contribution in [3.05, 3.63) is 77.3 Å². The molecule has 4 heterocycles. The molecule has 1 amide bonds. The van der Waals surface area contributed by atoms with Gasteiger partial charge in [0.2, 0.25) is 0 Å². The van der Waals surface area contributed by atoms with E-state index in [1.54, 1.807) is 13.3 Å². The van der Waals surface area contributed by atoms with Gasteiger partial charge in [0.05, 0.1) is 24.4 Å². The van der Waals surface area contributed by atoms with Gasteiger partial charge in [-0.3, -0.25) is 9.78 Å². The van der Waals surface area contributed by atoms with Crippen LogP contribution in [0, 0.1) is 6.92 Å². The zero-order chi connectivity index (χ0) is 22.8. The summed E-state index contributed by atoms with van der Waals surface area (Å²) in [6, 6.07) is 15.3. The number of amides is 1. The van der Waals surface area contributed by atoms with Crippen LogP contribution >= 0.6 is 0 Å². The molecule has 5 rings (SSSR count). The van der Waals surface area contributed by atoms with Gasteiger partial charge in [-0.1, -0.05) is 6.07 Å². The lowest BCUT2D eigenvalue weighted by Gasteiger charge is -2.27. The number of nitrogens with one attached hydrogen (secondary N) is 1. The molecule has 7 heteroatoms. The molecule has 7 nitrogen and oxygen atoms in total. The van der Waals surface area contributed by atoms with Crippen LogP contribution in [0.25, 0.3) is 6.08 Å². The second-order valence-electron chi connectivity index (χ2n) is 8.28. The van der Waals surface area contributed by atoms with E-state index in [4.69, 9.17) is 14.5 Å². The van der Waals surface area contributed by atoms with E-state index in [0.717, 1.165) is 52.8 Å². The molecule has 0 bridgehead atoms. The number of carbonyl (C=O) groups excluding carboxylic acids is 1. The Kier molecular flexibility index (Phi) is 5.69. The summed E-state index contributed by atoms with van der Waals surface area (Å²) < 4.78 is 11.2. The van der Waals surface area contributed by atoms with Crippen LogP contribution in [-0.4, -0.2) is 41.0 Å². The number of likely N-dealkylation sites (tertiary alicyclic amines) is 1. The predicted octanol–water partition coefficient (Wildman–Crippen LogP) is 4.68. The molecule has 3 aromatic rings. The Bertz CT molecular complexity index is 1210. The standard InChI is InChI=1S/C26H26N4O3/c1-17-12-20(29-25-7-3-4-10-27-25)15-22(28-17)23-6-5-11-30(23)26(31)19-13-18-14-21(32-2)8-9-24(18)33-16-19/h3-4,7-10,12-15,23H,5-6,11,16H2,1-2H3,(H,27,28,29). The van der Waals surface area contributed by atoms with Crippen molar-refractivity contribution in [2.45, 2.75) is 25.8 Å². The van der Waals surface area contributed by atoms with Gasteiger partial charge in [0, 0.05) is 29.7 Å². The summed E-state index contributed by atoms with van der Waals surface area (Å²) in [4.78, 5) is 24.5. The number of hydrogen-bond donors (Lipinski definition) is 1. The van der Waals surface area contributed by atoms with E-state index in [-0.39, 0.29) is 18.6 Å². The number of methoxy groups -OCH3 is 1. The number of rotatable bonds is 5. The van der Waals surface area contributed by atoms with E-state index in [2.05, 4.69) is 10.3 Å². The molecule has 2 aromatic heterocycles. The van der Waals surface area contributed by atoms with Crippen LogP contribution in [0.2, 0.25) is 0 Å². The van der Waals surface area contributed by atoms with Gasteiger partial charge in [-0.25, -0.2) is 4.98 Å². The third-order valence-electron chi connectivity index (χ3n) is 5.97. The number of benzene rings is 1. The smallest absolute Gasteiger partial charge is 0.253 e. The fraction of sp³-hybridized carbons (Fsp3) is 0.269. The highest BCUT2D eigenvalue weighted by molar-refractivity contribution is 5.99. The van der Waals surface area contributed by atoms with Gasteiger partial charge in [-0.2, -0.15) is 0 Å². The summed E-state index contributed by atoms with van der Waals surface area (Å²) in [6.45, 7) is 2.93. The van der Waals surface area contributed by atoms with E-state index in [1.807, 2.05) is 66.4 Å². The molecule has 1 saturated heterocycles. The molecular weight excluding hydrogens is 416 g/mol. The number of hydrogen-bond acceptors (Lipinski definition) is 6. The minimum Gasteiger partial charge on any atom is -0.497 e. The first kappa shape index (κ1) is 21.0. The van der Waals surface area contributed by atoms with Gasteiger partial charge in [0.1, 0.15) is 23.9 Å². The average molecular weight is 443 g/mol. The number of aryl methyl sites for hydroxylation is 1. The number of pyridine rings is 2. The van der Waals surface area contributed by atoms with Gasteiger partial charge < -0.3 is 19.7 Å². The highest BCUT2D eigenvalue weighted by atomic mass is 16.5. The monoisotopic (exact) mass is 442 g/mol. The number of aromatic nitrogens is 2. The molecule has 0 saturated carbocycles. The third-order valence-corrected chi connectivity index (χ3v) is 5.97. The van der Waals surface area contributed by atoms with E-state index in [1.165, 1.54) is 0 Å². The lowest BCUT2D eigenvalue weighted by Crippen LogP contribution is -2.34. The summed E-state index contributed by atoms with van der Waals surface area (Å²) in [7, 11) is 1.63. The minimum absolute atomic E-state index is 0.00601. The molecule has 2 aliphatic heterocycles. The van der Waals surface area contributed by atoms with Crippen molar-refractivity contribution in [3.63, 3.8) is 0 Å². The van der Waals surface area contributed by atoms with Crippen LogP contribution in [0.3, 0.4) is 0 Å². The zero-order valence-electron chi connectivity index (χ0n) is 18.7. The molecule has 1 fully saturated rings. The van der Waals surface area contributed by atoms with Crippen molar-refractivity contribution in [1.29, 1.82) is 0 Å². The first-order valence-electron chi connectivity index (χ1n) is 11.1. The normalized spacial score (nSPS) is 17.1. The molecule has 1 aromatic carbocycles. The molecule has 33 heavy (non-hydrogen) atoms. The highest BCUT2D eigenvalue weighted by Crippen LogP contribution is 2.36. The Balaban J connectivity index is 1.40. The number of nitrogens with zero attached hydrogens (tertiary/aromatic N) is 3. The maximum atomic E-state index is 13.5. The molecule has 0 radical (unpaired) electrons. The van der Waals surface area contributed by atoms with Crippen molar-refractivity contribution in [3.8, 4) is 11.5 Å². The highest BCUT2D eigenvalue weighted by Gasteiger charge is 2.33. The first-order valence-corrected chi connectivity index (χ1v) is 11.1. The Hall–Kier alpha value is -3.87. The molecule has 1 atom stereocenters. The molecule has 0 aliphatic carbocycles. The second-order valence-corrected chi connectivity index (χ2v) is 8.28.